The van der Waals surface area contributed by atoms with E-state index in [4.69, 9.17) is 9.47 Å². The summed E-state index contributed by atoms with van der Waals surface area (Å²) in [5.41, 5.74) is -0.266. The van der Waals surface area contributed by atoms with Crippen LogP contribution in [0.1, 0.15) is 39.3 Å². The zero-order chi connectivity index (χ0) is 25.9. The van der Waals surface area contributed by atoms with Crippen molar-refractivity contribution in [3.05, 3.63) is 47.2 Å². The number of aliphatic carboxylic acids is 1. The highest BCUT2D eigenvalue weighted by molar-refractivity contribution is 8.00. The highest BCUT2D eigenvalue weighted by Gasteiger charge is 2.54. The molecular weight excluding hydrogens is 478 g/mol. The molecule has 0 radical (unpaired) electrons. The fraction of sp³-hybridized carbons (Fsp3) is 0.435. The van der Waals surface area contributed by atoms with E-state index in [2.05, 4.69) is 10.6 Å². The van der Waals surface area contributed by atoms with Crippen LogP contribution >= 0.6 is 11.8 Å². The topological polar surface area (TPSA) is 151 Å². The van der Waals surface area contributed by atoms with Crippen molar-refractivity contribution < 1.29 is 38.6 Å². The summed E-state index contributed by atoms with van der Waals surface area (Å²) in [7, 11) is 0. The van der Waals surface area contributed by atoms with Crippen molar-refractivity contribution in [3.8, 4) is 0 Å². The van der Waals surface area contributed by atoms with Gasteiger partial charge in [-0.3, -0.25) is 19.3 Å². The van der Waals surface area contributed by atoms with Crippen molar-refractivity contribution in [2.45, 2.75) is 50.8 Å². The van der Waals surface area contributed by atoms with Crippen LogP contribution in [-0.4, -0.2) is 69.2 Å². The molecular formula is C23H27N3O8S. The SMILES string of the molecule is CC(=O)OCC1=C(C(=O)O)N2C(=O)[C@H](NC(=O)C(NC(=O)OC(C)(C)C)c3ccccc3)[C@@H]2SC1. The number of benzene rings is 1. The van der Waals surface area contributed by atoms with Crippen LogP contribution in [0.25, 0.3) is 0 Å². The molecule has 3 atom stereocenters. The molecule has 0 spiro atoms. The number of carboxylic acid groups (broad SMARTS) is 1. The predicted octanol–water partition coefficient (Wildman–Crippen LogP) is 1.55. The highest BCUT2D eigenvalue weighted by Crippen LogP contribution is 2.40. The molecule has 2 heterocycles. The number of rotatable bonds is 7. The molecule has 0 saturated carbocycles. The number of hydrogen-bond acceptors (Lipinski definition) is 8. The molecule has 1 saturated heterocycles. The largest absolute Gasteiger partial charge is 0.477 e. The zero-order valence-electron chi connectivity index (χ0n) is 19.7. The maximum Gasteiger partial charge on any atom is 0.408 e. The number of nitrogens with one attached hydrogen (secondary N) is 2. The van der Waals surface area contributed by atoms with Gasteiger partial charge in [-0.1, -0.05) is 30.3 Å². The Bertz CT molecular complexity index is 1070. The molecule has 1 aromatic carbocycles. The molecule has 11 nitrogen and oxygen atoms in total. The van der Waals surface area contributed by atoms with Gasteiger partial charge in [-0.2, -0.15) is 0 Å². The van der Waals surface area contributed by atoms with Crippen molar-refractivity contribution in [3.63, 3.8) is 0 Å². The molecule has 3 amide bonds. The molecule has 3 N–H and O–H groups in total. The lowest BCUT2D eigenvalue weighted by Crippen LogP contribution is -2.71. The summed E-state index contributed by atoms with van der Waals surface area (Å²) >= 11 is 1.24. The van der Waals surface area contributed by atoms with Gasteiger partial charge >= 0.3 is 18.0 Å². The van der Waals surface area contributed by atoms with Crippen molar-refractivity contribution >= 4 is 41.6 Å². The normalized spacial score (nSPS) is 20.2. The fourth-order valence-corrected chi connectivity index (χ4v) is 4.92. The maximum absolute atomic E-state index is 13.2. The smallest absolute Gasteiger partial charge is 0.408 e. The summed E-state index contributed by atoms with van der Waals surface area (Å²) in [6, 6.07) is 6.32. The molecule has 2 aliphatic rings. The second-order valence-corrected chi connectivity index (χ2v) is 10.0. The van der Waals surface area contributed by atoms with Crippen molar-refractivity contribution in [2.75, 3.05) is 12.4 Å². The highest BCUT2D eigenvalue weighted by atomic mass is 32.2. The second kappa shape index (κ2) is 10.4. The summed E-state index contributed by atoms with van der Waals surface area (Å²) in [6.07, 6.45) is -0.804. The zero-order valence-corrected chi connectivity index (χ0v) is 20.5. The number of alkyl carbamates (subject to hydrolysis) is 1. The van der Waals surface area contributed by atoms with Gasteiger partial charge in [-0.25, -0.2) is 9.59 Å². The van der Waals surface area contributed by atoms with Gasteiger partial charge in [0.1, 0.15) is 35.4 Å². The number of carbonyl (C=O) groups excluding carboxylic acids is 4. The second-order valence-electron chi connectivity index (χ2n) is 8.92. The average Bonchev–Trinajstić information content (AvgIpc) is 2.77. The monoisotopic (exact) mass is 505 g/mol. The Morgan fingerprint density at radius 2 is 1.86 bits per heavy atom. The van der Waals surface area contributed by atoms with E-state index in [-0.39, 0.29) is 18.1 Å². The van der Waals surface area contributed by atoms with E-state index in [0.29, 0.717) is 11.1 Å². The summed E-state index contributed by atoms with van der Waals surface area (Å²) in [5, 5.41) is 14.2. The molecule has 12 heteroatoms. The number of nitrogens with zero attached hydrogens (tertiary/aromatic N) is 1. The van der Waals surface area contributed by atoms with Gasteiger partial charge in [0.15, 0.2) is 0 Å². The van der Waals surface area contributed by atoms with E-state index < -0.39 is 52.9 Å². The Hall–Kier alpha value is -3.54. The Labute approximate surface area is 206 Å². The van der Waals surface area contributed by atoms with Gasteiger partial charge in [0.25, 0.3) is 5.91 Å². The van der Waals surface area contributed by atoms with Gasteiger partial charge in [0, 0.05) is 18.2 Å². The Balaban J connectivity index is 1.77. The Morgan fingerprint density at radius 1 is 1.20 bits per heavy atom. The first kappa shape index (κ1) is 26.1. The molecule has 0 aliphatic carbocycles. The number of amides is 3. The number of β-lactam (4-membered cyclic amide) rings is 1. The number of ether oxygens (including phenoxy) is 2. The van der Waals surface area contributed by atoms with E-state index in [9.17, 15) is 29.1 Å². The van der Waals surface area contributed by atoms with E-state index in [1.165, 1.54) is 18.7 Å². The van der Waals surface area contributed by atoms with Gasteiger partial charge < -0.3 is 25.2 Å². The Morgan fingerprint density at radius 3 is 2.43 bits per heavy atom. The summed E-state index contributed by atoms with van der Waals surface area (Å²) in [6.45, 7) is 6.03. The molecule has 0 bridgehead atoms. The van der Waals surface area contributed by atoms with Gasteiger partial charge in [-0.15, -0.1) is 11.8 Å². The van der Waals surface area contributed by atoms with Crippen molar-refractivity contribution in [1.29, 1.82) is 0 Å². The third-order valence-electron chi connectivity index (χ3n) is 5.05. The standard InChI is InChI=1S/C23H27N3O8S/c1-12(27)33-10-14-11-35-20-16(19(29)26(20)17(14)21(30)31)24-18(28)15(13-8-6-5-7-9-13)25-22(32)34-23(2,3)4/h5-9,15-16,20H,10-11H2,1-4H3,(H,24,28)(H,25,32)(H,30,31)/t15?,16-,20-/m0/s1. The molecule has 2 aliphatic heterocycles. The molecule has 0 aromatic heterocycles. The van der Waals surface area contributed by atoms with Gasteiger partial charge in [-0.05, 0) is 26.3 Å². The fourth-order valence-electron chi connectivity index (χ4n) is 3.59. The lowest BCUT2D eigenvalue weighted by atomic mass is 10.0. The van der Waals surface area contributed by atoms with Crippen LogP contribution in [0.3, 0.4) is 0 Å². The summed E-state index contributed by atoms with van der Waals surface area (Å²) in [5.74, 6) is -2.96. The van der Waals surface area contributed by atoms with Crippen LogP contribution in [0.5, 0.6) is 0 Å². The molecule has 1 aromatic rings. The van der Waals surface area contributed by atoms with Gasteiger partial charge in [0.05, 0.1) is 0 Å². The summed E-state index contributed by atoms with van der Waals surface area (Å²) < 4.78 is 10.2. The van der Waals surface area contributed by atoms with Crippen LogP contribution in [0.15, 0.2) is 41.6 Å². The number of fused-ring (bicyclic) bond motifs is 1. The van der Waals surface area contributed by atoms with Crippen LogP contribution in [-0.2, 0) is 28.7 Å². The molecule has 188 valence electrons. The first-order valence-corrected chi connectivity index (χ1v) is 11.8. The molecule has 35 heavy (non-hydrogen) atoms. The van der Waals surface area contributed by atoms with Gasteiger partial charge in [0.2, 0.25) is 5.91 Å². The predicted molar refractivity (Wildman–Crippen MR) is 125 cm³/mol. The minimum absolute atomic E-state index is 0.202. The number of esters is 1. The minimum atomic E-state index is -1.33. The van der Waals surface area contributed by atoms with Crippen LogP contribution in [0.4, 0.5) is 4.79 Å². The first-order chi connectivity index (χ1) is 16.4. The van der Waals surface area contributed by atoms with Crippen molar-refractivity contribution in [2.24, 2.45) is 0 Å². The van der Waals surface area contributed by atoms with Crippen molar-refractivity contribution in [1.82, 2.24) is 15.5 Å². The lowest BCUT2D eigenvalue weighted by molar-refractivity contribution is -0.151. The molecule has 3 rings (SSSR count). The molecule has 1 fully saturated rings. The average molecular weight is 506 g/mol. The van der Waals surface area contributed by atoms with E-state index in [1.54, 1.807) is 51.1 Å². The number of hydrogen-bond donors (Lipinski definition) is 3. The number of carboxylic acids is 1. The maximum atomic E-state index is 13.2. The lowest BCUT2D eigenvalue weighted by Gasteiger charge is -2.49. The van der Waals surface area contributed by atoms with Crippen LogP contribution < -0.4 is 10.6 Å². The van der Waals surface area contributed by atoms with E-state index in [1.807, 2.05) is 0 Å². The third kappa shape index (κ3) is 6.13. The van der Waals surface area contributed by atoms with E-state index in [0.717, 1.165) is 4.90 Å². The quantitative estimate of drug-likeness (QED) is 0.370. The Kier molecular flexibility index (Phi) is 7.73. The first-order valence-electron chi connectivity index (χ1n) is 10.8. The number of thioether (sulfide) groups is 1. The minimum Gasteiger partial charge on any atom is -0.477 e. The van der Waals surface area contributed by atoms with Crippen LogP contribution in [0, 0.1) is 0 Å². The summed E-state index contributed by atoms with van der Waals surface area (Å²) in [4.78, 5) is 62.5. The van der Waals surface area contributed by atoms with E-state index >= 15 is 0 Å². The van der Waals surface area contributed by atoms with Crippen LogP contribution in [0.2, 0.25) is 0 Å². The third-order valence-corrected chi connectivity index (χ3v) is 6.39. The molecule has 1 unspecified atom stereocenters. The number of carbonyl (C=O) groups is 5.